The van der Waals surface area contributed by atoms with Crippen LogP contribution in [0.4, 0.5) is 0 Å². The normalized spacial score (nSPS) is 18.4. The molecule has 0 bridgehead atoms. The molecule has 0 saturated carbocycles. The fraction of sp³-hybridized carbons (Fsp3) is 0.500. The molecule has 0 heterocycles. The van der Waals surface area contributed by atoms with Crippen LogP contribution >= 0.6 is 31.3 Å². The van der Waals surface area contributed by atoms with Gasteiger partial charge in [-0.1, -0.05) is 0 Å². The number of carbonyl (C=O) groups excluding carboxylic acids is 1. The van der Waals surface area contributed by atoms with Gasteiger partial charge in [0, 0.05) is 7.05 Å². The molecule has 0 aromatic heterocycles. The Labute approximate surface area is 168 Å². The van der Waals surface area contributed by atoms with Crippen LogP contribution in [0.2, 0.25) is 0 Å². The van der Waals surface area contributed by atoms with Gasteiger partial charge in [-0.25, -0.2) is 23.1 Å². The number of phosphoric ester groups is 1. The van der Waals surface area contributed by atoms with Crippen molar-refractivity contribution >= 4 is 43.2 Å². The molecule has 0 aromatic carbocycles. The van der Waals surface area contributed by atoms with Crippen LogP contribution in [0.5, 0.6) is 0 Å². The largest absolute Gasteiger partial charge is 1.00 e. The number of nitrogens with zero attached hydrogens (tertiary/aromatic N) is 1. The molecule has 22 heteroatoms. The molecule has 8 N–H and O–H groups in total. The number of rotatable bonds is 9. The fourth-order valence-corrected chi connectivity index (χ4v) is 5.26. The molecule has 0 aliphatic rings. The van der Waals surface area contributed by atoms with E-state index >= 15 is 0 Å². The van der Waals surface area contributed by atoms with Crippen LogP contribution in [-0.4, -0.2) is 54.9 Å². The van der Waals surface area contributed by atoms with Crippen molar-refractivity contribution in [3.63, 3.8) is 0 Å². The second-order valence-electron chi connectivity index (χ2n) is 3.85. The Kier molecular flexibility index (Phi) is 11.2. The summed E-state index contributed by atoms with van der Waals surface area (Å²) in [6, 6.07) is 0. The third-order valence-corrected chi connectivity index (χ3v) is 7.03. The average molecular weight is 475 g/mol. The predicted molar refractivity (Wildman–Crippen MR) is 76.5 cm³/mol. The fourth-order valence-electron chi connectivity index (χ4n) is 0.878. The Bertz CT molecular complexity index is 725. The van der Waals surface area contributed by atoms with Crippen LogP contribution in [0.25, 0.3) is 0 Å². The van der Waals surface area contributed by atoms with Crippen molar-refractivity contribution in [1.29, 1.82) is 5.41 Å². The first kappa shape index (κ1) is 28.5. The van der Waals surface area contributed by atoms with Crippen molar-refractivity contribution < 1.29 is 96.0 Å². The zero-order valence-corrected chi connectivity index (χ0v) is 18.5. The predicted octanol–water partition coefficient (Wildman–Crippen LogP) is -4.08. The minimum atomic E-state index is -5.98. The molecule has 0 spiro atoms. The first-order valence-corrected chi connectivity index (χ1v) is 11.3. The summed E-state index contributed by atoms with van der Waals surface area (Å²) < 4.78 is 57.8. The zero-order chi connectivity index (χ0) is 20.3. The number of hydrogen-bond acceptors (Lipinski definition) is 10. The van der Waals surface area contributed by atoms with Gasteiger partial charge in [-0.2, -0.15) is 12.9 Å². The van der Waals surface area contributed by atoms with Gasteiger partial charge in [-0.05, 0) is 0 Å². The van der Waals surface area contributed by atoms with Gasteiger partial charge in [-0.15, -0.1) is 0 Å². The van der Waals surface area contributed by atoms with Crippen molar-refractivity contribution in [1.82, 2.24) is 4.90 Å². The summed E-state index contributed by atoms with van der Waals surface area (Å²) in [6.07, 6.45) is 0. The number of nitrogens with one attached hydrogen (secondary N) is 1. The molecule has 0 saturated heterocycles. The van der Waals surface area contributed by atoms with Crippen LogP contribution in [-0.2, 0) is 40.5 Å². The van der Waals surface area contributed by atoms with E-state index in [-0.39, 0.29) is 31.0 Å². The third kappa shape index (κ3) is 13.5. The van der Waals surface area contributed by atoms with Crippen LogP contribution in [0, 0.1) is 5.41 Å². The molecule has 3 atom stereocenters. The average Bonchev–Trinajstić information content (AvgIpc) is 2.18. The molecule has 3 unspecified atom stereocenters. The van der Waals surface area contributed by atoms with Gasteiger partial charge >= 0.3 is 66.8 Å². The minimum Gasteiger partial charge on any atom is -1.00 e. The monoisotopic (exact) mass is 475 g/mol. The third-order valence-electron chi connectivity index (χ3n) is 1.62. The summed E-state index contributed by atoms with van der Waals surface area (Å²) in [6.45, 7) is -0.861. The standard InChI is InChI=1S/C4H13N3O14P4.Na.H/c1-7(4(5)6)2-3(8)18-23(12,13)20-25(16,17)21-24(14,15)19-22(9,10)11;;/h2H2,1H3,(H3,5,6)(H,12,13)(H,14,15)(H,16,17)(H2,9,10,11);;/q;+1;-1. The van der Waals surface area contributed by atoms with E-state index in [1.807, 2.05) is 0 Å². The molecule has 0 aliphatic heterocycles. The van der Waals surface area contributed by atoms with E-state index in [1.54, 1.807) is 0 Å². The number of guanidine groups is 1. The first-order valence-electron chi connectivity index (χ1n) is 5.30. The number of phosphoric acid groups is 4. The molecule has 0 aromatic rings. The second-order valence-corrected chi connectivity index (χ2v) is 9.78. The van der Waals surface area contributed by atoms with Gasteiger partial charge in [0.15, 0.2) is 5.96 Å². The van der Waals surface area contributed by atoms with Crippen molar-refractivity contribution in [3.05, 3.63) is 0 Å². The topological polar surface area (TPSA) is 277 Å². The number of hydrogen-bond donors (Lipinski definition) is 7. The van der Waals surface area contributed by atoms with Crippen LogP contribution < -0.4 is 35.3 Å². The van der Waals surface area contributed by atoms with E-state index < -0.39 is 49.8 Å². The maximum absolute atomic E-state index is 11.4. The second kappa shape index (κ2) is 10.2. The van der Waals surface area contributed by atoms with Crippen molar-refractivity contribution in [2.45, 2.75) is 0 Å². The molecule has 0 fully saturated rings. The van der Waals surface area contributed by atoms with E-state index in [2.05, 4.69) is 17.5 Å². The smallest absolute Gasteiger partial charge is 1.00 e. The first-order chi connectivity index (χ1) is 10.8. The van der Waals surface area contributed by atoms with Gasteiger partial charge in [0.25, 0.3) is 0 Å². The van der Waals surface area contributed by atoms with Gasteiger partial charge in [0.2, 0.25) is 0 Å². The van der Waals surface area contributed by atoms with Crippen molar-refractivity contribution in [2.24, 2.45) is 5.73 Å². The Balaban J connectivity index is -0.00000288. The van der Waals surface area contributed by atoms with Gasteiger partial charge < -0.3 is 36.2 Å². The van der Waals surface area contributed by atoms with E-state index in [0.29, 0.717) is 0 Å². The number of nitrogens with two attached hydrogens (primary N) is 1. The summed E-state index contributed by atoms with van der Waals surface area (Å²) in [5, 5.41) is 6.93. The Morgan fingerprint density at radius 1 is 1.00 bits per heavy atom. The molecule has 17 nitrogen and oxygen atoms in total. The molecular weight excluding hydrogens is 461 g/mol. The van der Waals surface area contributed by atoms with Crippen LogP contribution in [0.3, 0.4) is 0 Å². The summed E-state index contributed by atoms with van der Waals surface area (Å²) in [4.78, 5) is 55.5. The molecular formula is C4H14N3NaO14P4. The van der Waals surface area contributed by atoms with Gasteiger partial charge in [0.05, 0.1) is 0 Å². The Morgan fingerprint density at radius 3 is 1.77 bits per heavy atom. The van der Waals surface area contributed by atoms with E-state index in [4.69, 9.17) is 35.6 Å². The molecule has 0 radical (unpaired) electrons. The molecule has 26 heavy (non-hydrogen) atoms. The molecule has 0 rings (SSSR count). The van der Waals surface area contributed by atoms with Crippen LogP contribution in [0.15, 0.2) is 0 Å². The SMILES string of the molecule is CN(CC(=O)OP(=O)(O)OP(=O)(O)OP(=O)(O)OP(=O)(O)O)C(=N)N.[H-].[Na+]. The van der Waals surface area contributed by atoms with E-state index in [9.17, 15) is 23.1 Å². The van der Waals surface area contributed by atoms with E-state index in [0.717, 1.165) is 11.9 Å². The van der Waals surface area contributed by atoms with Gasteiger partial charge in [0.1, 0.15) is 6.54 Å². The minimum absolute atomic E-state index is 0. The van der Waals surface area contributed by atoms with Crippen molar-refractivity contribution in [2.75, 3.05) is 13.6 Å². The van der Waals surface area contributed by atoms with Gasteiger partial charge in [-0.3, -0.25) is 10.3 Å². The quantitative estimate of drug-likeness (QED) is 0.0722. The molecule has 0 aliphatic carbocycles. The van der Waals surface area contributed by atoms with E-state index in [1.165, 1.54) is 0 Å². The molecule has 150 valence electrons. The summed E-state index contributed by atoms with van der Waals surface area (Å²) in [5.74, 6) is -2.21. The number of likely N-dealkylation sites (N-methyl/N-ethyl adjacent to an activating group) is 1. The Morgan fingerprint density at radius 2 is 1.38 bits per heavy atom. The zero-order valence-electron chi connectivity index (χ0n) is 13.9. The summed E-state index contributed by atoms with van der Waals surface area (Å²) in [5.41, 5.74) is 4.97. The van der Waals surface area contributed by atoms with Crippen LogP contribution in [0.1, 0.15) is 1.43 Å². The van der Waals surface area contributed by atoms with Crippen molar-refractivity contribution in [3.8, 4) is 0 Å². The number of carbonyl (C=O) groups is 1. The summed E-state index contributed by atoms with van der Waals surface area (Å²) in [7, 11) is -22.2. The molecule has 0 amide bonds. The maximum Gasteiger partial charge on any atom is 1.00 e. The summed E-state index contributed by atoms with van der Waals surface area (Å²) >= 11 is 0. The Hall–Kier alpha value is 0.340. The maximum atomic E-state index is 11.4.